The second-order valence-electron chi connectivity index (χ2n) is 8.72. The van der Waals surface area contributed by atoms with Crippen molar-refractivity contribution in [2.45, 2.75) is 32.4 Å². The van der Waals surface area contributed by atoms with Gasteiger partial charge in [-0.1, -0.05) is 19.1 Å². The van der Waals surface area contributed by atoms with E-state index in [2.05, 4.69) is 5.32 Å². The molecule has 0 aliphatic carbocycles. The highest BCUT2D eigenvalue weighted by molar-refractivity contribution is 5.79. The number of benzene rings is 3. The molecule has 178 valence electrons. The van der Waals surface area contributed by atoms with Gasteiger partial charge in [0.2, 0.25) is 0 Å². The van der Waals surface area contributed by atoms with E-state index in [1.807, 2.05) is 47.9 Å². The van der Waals surface area contributed by atoms with Crippen LogP contribution >= 0.6 is 0 Å². The smallest absolute Gasteiger partial charge is 0.303 e. The van der Waals surface area contributed by atoms with Gasteiger partial charge >= 0.3 is 5.97 Å². The number of hydrogen-bond acceptors (Lipinski definition) is 6. The van der Waals surface area contributed by atoms with E-state index in [0.717, 1.165) is 39.6 Å². The van der Waals surface area contributed by atoms with Gasteiger partial charge in [-0.2, -0.15) is 0 Å². The van der Waals surface area contributed by atoms with Crippen molar-refractivity contribution in [3.63, 3.8) is 0 Å². The highest BCUT2D eigenvalue weighted by Crippen LogP contribution is 2.42. The van der Waals surface area contributed by atoms with E-state index in [4.69, 9.17) is 19.2 Å². The molecule has 2 aliphatic heterocycles. The molecule has 6 rings (SSSR count). The predicted molar refractivity (Wildman–Crippen MR) is 129 cm³/mol. The minimum Gasteiger partial charge on any atom is -0.489 e. The molecule has 1 N–H and O–H groups in total. The maximum atomic E-state index is 14.1. The van der Waals surface area contributed by atoms with Crippen molar-refractivity contribution in [2.24, 2.45) is 0 Å². The number of fused-ring (bicyclic) bond motifs is 3. The summed E-state index contributed by atoms with van der Waals surface area (Å²) in [5.74, 6) is 1.68. The number of carbonyl (C=O) groups excluding carboxylic acids is 1. The number of aromatic nitrogens is 2. The van der Waals surface area contributed by atoms with Crippen molar-refractivity contribution in [1.82, 2.24) is 9.55 Å². The molecule has 0 spiro atoms. The van der Waals surface area contributed by atoms with Gasteiger partial charge in [-0.05, 0) is 30.3 Å². The van der Waals surface area contributed by atoms with Gasteiger partial charge in [0.15, 0.2) is 6.10 Å². The molecule has 0 fully saturated rings. The van der Waals surface area contributed by atoms with Crippen LogP contribution in [0.1, 0.15) is 42.9 Å². The molecule has 2 aliphatic rings. The molecule has 0 bridgehead atoms. The Balaban J connectivity index is 1.33. The van der Waals surface area contributed by atoms with Crippen LogP contribution in [0.25, 0.3) is 16.7 Å². The Bertz CT molecular complexity index is 1460. The highest BCUT2D eigenvalue weighted by Gasteiger charge is 2.30. The molecule has 0 amide bonds. The number of nitrogens with zero attached hydrogens (tertiary/aromatic N) is 2. The van der Waals surface area contributed by atoms with E-state index in [-0.39, 0.29) is 23.9 Å². The third kappa shape index (κ3) is 3.65. The summed E-state index contributed by atoms with van der Waals surface area (Å²) in [5.41, 5.74) is 5.07. The average Bonchev–Trinajstić information content (AvgIpc) is 3.54. The molecule has 3 heterocycles. The largest absolute Gasteiger partial charge is 0.489 e. The summed E-state index contributed by atoms with van der Waals surface area (Å²) < 4.78 is 33.3. The molecular formula is C27H24FN3O4. The van der Waals surface area contributed by atoms with Crippen molar-refractivity contribution in [1.29, 1.82) is 0 Å². The number of aryl methyl sites for hydroxylation is 1. The minimum absolute atomic E-state index is 0.0785. The van der Waals surface area contributed by atoms with Crippen LogP contribution in [0.2, 0.25) is 0 Å². The molecule has 0 saturated heterocycles. The molecule has 0 unspecified atom stereocenters. The Morgan fingerprint density at radius 2 is 2.03 bits per heavy atom. The number of esters is 1. The van der Waals surface area contributed by atoms with Crippen molar-refractivity contribution in [2.75, 3.05) is 18.5 Å². The summed E-state index contributed by atoms with van der Waals surface area (Å²) in [6.45, 7) is 4.19. The van der Waals surface area contributed by atoms with Crippen LogP contribution in [0.3, 0.4) is 0 Å². The molecule has 0 radical (unpaired) electrons. The van der Waals surface area contributed by atoms with E-state index in [1.54, 1.807) is 6.07 Å². The monoisotopic (exact) mass is 473 g/mol. The molecule has 2 atom stereocenters. The first-order valence-corrected chi connectivity index (χ1v) is 11.6. The third-order valence-electron chi connectivity index (χ3n) is 6.44. The lowest BCUT2D eigenvalue weighted by molar-refractivity contribution is -0.147. The number of rotatable bonds is 5. The number of anilines is 1. The van der Waals surface area contributed by atoms with E-state index in [1.165, 1.54) is 19.1 Å². The summed E-state index contributed by atoms with van der Waals surface area (Å²) in [5, 5.41) is 3.53. The topological polar surface area (TPSA) is 74.6 Å². The van der Waals surface area contributed by atoms with Gasteiger partial charge in [-0.25, -0.2) is 9.37 Å². The van der Waals surface area contributed by atoms with Crippen LogP contribution < -0.4 is 14.8 Å². The standard InChI is InChI=1S/C27H24FN3O4/c1-3-26-30-20-10-7-16(28)11-23(20)31(26)22-6-4-5-18-21(13-34-27(18)22)29-17-8-9-19-24(12-17)33-14-25(19)35-15(2)32/h4-12,21,25,29H,3,13-14H2,1-2H3/t21-,25+/m0/s1. The lowest BCUT2D eigenvalue weighted by Gasteiger charge is -2.15. The number of nitrogens with one attached hydrogen (secondary N) is 1. The van der Waals surface area contributed by atoms with Gasteiger partial charge in [0.05, 0.1) is 22.8 Å². The number of ether oxygens (including phenoxy) is 3. The Morgan fingerprint density at radius 3 is 2.86 bits per heavy atom. The van der Waals surface area contributed by atoms with Crippen LogP contribution in [-0.2, 0) is 16.0 Å². The summed E-state index contributed by atoms with van der Waals surface area (Å²) in [4.78, 5) is 16.0. The maximum Gasteiger partial charge on any atom is 0.303 e. The normalized spacial score (nSPS) is 18.0. The number of carbonyl (C=O) groups is 1. The molecule has 1 aromatic heterocycles. The lowest BCUT2D eigenvalue weighted by atomic mass is 10.1. The molecule has 3 aromatic carbocycles. The predicted octanol–water partition coefficient (Wildman–Crippen LogP) is 5.27. The fraction of sp³-hybridized carbons (Fsp3) is 0.259. The van der Waals surface area contributed by atoms with Gasteiger partial charge < -0.3 is 19.5 Å². The van der Waals surface area contributed by atoms with Crippen LogP contribution in [0, 0.1) is 5.82 Å². The second-order valence-corrected chi connectivity index (χ2v) is 8.72. The van der Waals surface area contributed by atoms with Gasteiger partial charge in [-0.3, -0.25) is 9.36 Å². The van der Waals surface area contributed by atoms with Gasteiger partial charge in [0, 0.05) is 42.3 Å². The van der Waals surface area contributed by atoms with Crippen molar-refractivity contribution in [3.05, 3.63) is 77.4 Å². The van der Waals surface area contributed by atoms with Crippen LogP contribution in [-0.4, -0.2) is 28.7 Å². The fourth-order valence-corrected chi connectivity index (χ4v) is 4.90. The molecule has 4 aromatic rings. The van der Waals surface area contributed by atoms with Crippen molar-refractivity contribution >= 4 is 22.7 Å². The Hall–Kier alpha value is -4.07. The van der Waals surface area contributed by atoms with Crippen molar-refractivity contribution in [3.8, 4) is 17.2 Å². The summed E-state index contributed by atoms with van der Waals surface area (Å²) in [6, 6.07) is 16.4. The minimum atomic E-state index is -0.378. The molecule has 0 saturated carbocycles. The Labute approximate surface area is 201 Å². The number of halogens is 1. The molecule has 8 heteroatoms. The lowest BCUT2D eigenvalue weighted by Crippen LogP contribution is -2.12. The quantitative estimate of drug-likeness (QED) is 0.398. The summed E-state index contributed by atoms with van der Waals surface area (Å²) in [6.07, 6.45) is 0.322. The first kappa shape index (κ1) is 21.5. The first-order chi connectivity index (χ1) is 17.0. The number of para-hydroxylation sites is 1. The van der Waals surface area contributed by atoms with Crippen molar-refractivity contribution < 1.29 is 23.4 Å². The Kier molecular flexibility index (Phi) is 5.09. The molecule has 35 heavy (non-hydrogen) atoms. The highest BCUT2D eigenvalue weighted by atomic mass is 19.1. The average molecular weight is 474 g/mol. The van der Waals surface area contributed by atoms with E-state index in [9.17, 15) is 9.18 Å². The molecule has 7 nitrogen and oxygen atoms in total. The second kappa shape index (κ2) is 8.30. The van der Waals surface area contributed by atoms with Crippen LogP contribution in [0.15, 0.2) is 54.6 Å². The maximum absolute atomic E-state index is 14.1. The first-order valence-electron chi connectivity index (χ1n) is 11.6. The van der Waals surface area contributed by atoms with E-state index >= 15 is 0 Å². The Morgan fingerprint density at radius 1 is 1.14 bits per heavy atom. The van der Waals surface area contributed by atoms with Gasteiger partial charge in [0.25, 0.3) is 0 Å². The zero-order valence-electron chi connectivity index (χ0n) is 19.4. The summed E-state index contributed by atoms with van der Waals surface area (Å²) >= 11 is 0. The van der Waals surface area contributed by atoms with Gasteiger partial charge in [0.1, 0.15) is 36.4 Å². The zero-order valence-corrected chi connectivity index (χ0v) is 19.4. The summed E-state index contributed by atoms with van der Waals surface area (Å²) in [7, 11) is 0. The van der Waals surface area contributed by atoms with E-state index < -0.39 is 0 Å². The van der Waals surface area contributed by atoms with E-state index in [0.29, 0.717) is 30.9 Å². The van der Waals surface area contributed by atoms with Crippen LogP contribution in [0.4, 0.5) is 10.1 Å². The number of hydrogen-bond donors (Lipinski definition) is 1. The van der Waals surface area contributed by atoms with Gasteiger partial charge in [-0.15, -0.1) is 0 Å². The molecular weight excluding hydrogens is 449 g/mol. The zero-order chi connectivity index (χ0) is 24.1. The van der Waals surface area contributed by atoms with Crippen LogP contribution in [0.5, 0.6) is 11.5 Å². The SMILES string of the molecule is CCc1nc2ccc(F)cc2n1-c1cccc2c1OC[C@@H]2Nc1ccc2c(c1)OC[C@H]2OC(C)=O. The number of imidazole rings is 1. The fourth-order valence-electron chi connectivity index (χ4n) is 4.90. The third-order valence-corrected chi connectivity index (χ3v) is 6.44.